The highest BCUT2D eigenvalue weighted by molar-refractivity contribution is 5.09. The predicted molar refractivity (Wildman–Crippen MR) is 82.3 cm³/mol. The molecule has 1 aliphatic carbocycles. The summed E-state index contributed by atoms with van der Waals surface area (Å²) in [5, 5.41) is 9.93. The zero-order valence-corrected chi connectivity index (χ0v) is 12.9. The number of nitrogens with zero attached hydrogens (tertiary/aromatic N) is 2. The standard InChI is InChI=1S/C17H28N2O/c1-3-19(12-16-6-9-18-10-7-16)13-17(14-20)8-4-5-15(2)11-17/h6-7,9-10,15,20H,3-5,8,11-14H2,1-2H3. The summed E-state index contributed by atoms with van der Waals surface area (Å²) in [7, 11) is 0. The minimum absolute atomic E-state index is 0.112. The Hall–Kier alpha value is -0.930. The van der Waals surface area contributed by atoms with Crippen LogP contribution in [0.25, 0.3) is 0 Å². The van der Waals surface area contributed by atoms with Gasteiger partial charge in [-0.05, 0) is 43.0 Å². The fraction of sp³-hybridized carbons (Fsp3) is 0.706. The normalized spacial score (nSPS) is 26.9. The highest BCUT2D eigenvalue weighted by atomic mass is 16.3. The predicted octanol–water partition coefficient (Wildman–Crippen LogP) is 3.09. The van der Waals surface area contributed by atoms with Gasteiger partial charge < -0.3 is 5.11 Å². The lowest BCUT2D eigenvalue weighted by Crippen LogP contribution is -2.42. The molecule has 2 rings (SSSR count). The SMILES string of the molecule is CCN(Cc1ccncc1)CC1(CO)CCCC(C)C1. The van der Waals surface area contributed by atoms with Crippen molar-refractivity contribution in [2.75, 3.05) is 19.7 Å². The lowest BCUT2D eigenvalue weighted by atomic mass is 9.70. The molecule has 20 heavy (non-hydrogen) atoms. The van der Waals surface area contributed by atoms with Crippen LogP contribution in [0, 0.1) is 11.3 Å². The average Bonchev–Trinajstić information content (AvgIpc) is 2.47. The van der Waals surface area contributed by atoms with Crippen LogP contribution in [-0.4, -0.2) is 34.7 Å². The summed E-state index contributed by atoms with van der Waals surface area (Å²) >= 11 is 0. The Morgan fingerprint density at radius 2 is 2.15 bits per heavy atom. The van der Waals surface area contributed by atoms with Gasteiger partial charge >= 0.3 is 0 Å². The summed E-state index contributed by atoms with van der Waals surface area (Å²) in [5.74, 6) is 0.746. The van der Waals surface area contributed by atoms with E-state index in [0.29, 0.717) is 6.61 Å². The van der Waals surface area contributed by atoms with Gasteiger partial charge in [-0.2, -0.15) is 0 Å². The first kappa shape index (κ1) is 15.5. The van der Waals surface area contributed by atoms with Gasteiger partial charge in [0.05, 0.1) is 0 Å². The molecule has 0 amide bonds. The van der Waals surface area contributed by atoms with E-state index in [1.807, 2.05) is 12.4 Å². The number of hydrogen-bond acceptors (Lipinski definition) is 3. The fourth-order valence-corrected chi connectivity index (χ4v) is 3.61. The molecule has 1 saturated carbocycles. The highest BCUT2D eigenvalue weighted by Crippen LogP contribution is 2.39. The number of aliphatic hydroxyl groups excluding tert-OH is 1. The molecule has 0 radical (unpaired) electrons. The second-order valence-corrected chi connectivity index (χ2v) is 6.52. The van der Waals surface area contributed by atoms with Gasteiger partial charge in [0.25, 0.3) is 0 Å². The second kappa shape index (κ2) is 7.19. The average molecular weight is 276 g/mol. The summed E-state index contributed by atoms with van der Waals surface area (Å²) in [6.07, 6.45) is 8.62. The van der Waals surface area contributed by atoms with Crippen LogP contribution in [0.5, 0.6) is 0 Å². The molecule has 2 atom stereocenters. The molecule has 0 aliphatic heterocycles. The van der Waals surface area contributed by atoms with Crippen molar-refractivity contribution in [3.63, 3.8) is 0 Å². The maximum absolute atomic E-state index is 9.93. The van der Waals surface area contributed by atoms with Gasteiger partial charge in [0.15, 0.2) is 0 Å². The molecule has 1 N–H and O–H groups in total. The molecule has 0 bridgehead atoms. The minimum atomic E-state index is 0.112. The van der Waals surface area contributed by atoms with E-state index < -0.39 is 0 Å². The summed E-state index contributed by atoms with van der Waals surface area (Å²) in [6, 6.07) is 4.16. The Kier molecular flexibility index (Phi) is 5.55. The van der Waals surface area contributed by atoms with Crippen LogP contribution in [0.1, 0.15) is 45.1 Å². The van der Waals surface area contributed by atoms with E-state index in [9.17, 15) is 5.11 Å². The first-order valence-corrected chi connectivity index (χ1v) is 7.89. The number of hydrogen-bond donors (Lipinski definition) is 1. The van der Waals surface area contributed by atoms with Crippen LogP contribution in [0.4, 0.5) is 0 Å². The van der Waals surface area contributed by atoms with Crippen molar-refractivity contribution in [1.29, 1.82) is 0 Å². The van der Waals surface area contributed by atoms with Crippen LogP contribution < -0.4 is 0 Å². The van der Waals surface area contributed by atoms with E-state index in [2.05, 4.69) is 35.9 Å². The van der Waals surface area contributed by atoms with Crippen LogP contribution >= 0.6 is 0 Å². The molecule has 0 aromatic carbocycles. The molecule has 1 aromatic heterocycles. The smallest absolute Gasteiger partial charge is 0.0499 e. The molecule has 1 aromatic rings. The summed E-state index contributed by atoms with van der Waals surface area (Å²) in [4.78, 5) is 6.54. The van der Waals surface area contributed by atoms with E-state index >= 15 is 0 Å². The Morgan fingerprint density at radius 3 is 2.75 bits per heavy atom. The van der Waals surface area contributed by atoms with Crippen molar-refractivity contribution in [3.8, 4) is 0 Å². The van der Waals surface area contributed by atoms with Crippen LogP contribution in [-0.2, 0) is 6.54 Å². The first-order chi connectivity index (χ1) is 9.67. The Balaban J connectivity index is 2.00. The molecule has 112 valence electrons. The molecule has 1 aliphatic rings. The third-order valence-electron chi connectivity index (χ3n) is 4.68. The van der Waals surface area contributed by atoms with E-state index in [1.165, 1.54) is 24.8 Å². The molecule has 3 heteroatoms. The number of aromatic nitrogens is 1. The highest BCUT2D eigenvalue weighted by Gasteiger charge is 2.35. The van der Waals surface area contributed by atoms with Crippen molar-refractivity contribution in [1.82, 2.24) is 9.88 Å². The lowest BCUT2D eigenvalue weighted by Gasteiger charge is -2.42. The van der Waals surface area contributed by atoms with E-state index in [-0.39, 0.29) is 5.41 Å². The van der Waals surface area contributed by atoms with Crippen molar-refractivity contribution < 1.29 is 5.11 Å². The molecule has 3 nitrogen and oxygen atoms in total. The summed E-state index contributed by atoms with van der Waals surface area (Å²) in [5.41, 5.74) is 1.42. The maximum atomic E-state index is 9.93. The van der Waals surface area contributed by atoms with Gasteiger partial charge in [0, 0.05) is 37.5 Å². The Morgan fingerprint density at radius 1 is 1.40 bits per heavy atom. The van der Waals surface area contributed by atoms with Gasteiger partial charge in [0.1, 0.15) is 0 Å². The molecule has 0 spiro atoms. The third-order valence-corrected chi connectivity index (χ3v) is 4.68. The first-order valence-electron chi connectivity index (χ1n) is 7.89. The number of aliphatic hydroxyl groups is 1. The van der Waals surface area contributed by atoms with Gasteiger partial charge in [-0.25, -0.2) is 0 Å². The van der Waals surface area contributed by atoms with Crippen molar-refractivity contribution in [3.05, 3.63) is 30.1 Å². The lowest BCUT2D eigenvalue weighted by molar-refractivity contribution is 0.0230. The molecule has 2 unspecified atom stereocenters. The van der Waals surface area contributed by atoms with E-state index in [0.717, 1.165) is 32.0 Å². The summed E-state index contributed by atoms with van der Waals surface area (Å²) < 4.78 is 0. The van der Waals surface area contributed by atoms with Crippen LogP contribution in [0.3, 0.4) is 0 Å². The van der Waals surface area contributed by atoms with Crippen molar-refractivity contribution in [2.45, 2.75) is 46.1 Å². The van der Waals surface area contributed by atoms with Crippen LogP contribution in [0.15, 0.2) is 24.5 Å². The fourth-order valence-electron chi connectivity index (χ4n) is 3.61. The van der Waals surface area contributed by atoms with Gasteiger partial charge in [-0.1, -0.05) is 26.7 Å². The largest absolute Gasteiger partial charge is 0.396 e. The third kappa shape index (κ3) is 4.03. The quantitative estimate of drug-likeness (QED) is 0.867. The van der Waals surface area contributed by atoms with E-state index in [1.54, 1.807) is 0 Å². The topological polar surface area (TPSA) is 36.4 Å². The van der Waals surface area contributed by atoms with Gasteiger partial charge in [-0.15, -0.1) is 0 Å². The molecule has 1 heterocycles. The van der Waals surface area contributed by atoms with Gasteiger partial charge in [0.2, 0.25) is 0 Å². The minimum Gasteiger partial charge on any atom is -0.396 e. The molecular formula is C17H28N2O. The summed E-state index contributed by atoms with van der Waals surface area (Å²) in [6.45, 7) is 7.84. The van der Waals surface area contributed by atoms with Crippen LogP contribution in [0.2, 0.25) is 0 Å². The zero-order chi connectivity index (χ0) is 14.4. The van der Waals surface area contributed by atoms with Crippen molar-refractivity contribution >= 4 is 0 Å². The van der Waals surface area contributed by atoms with E-state index in [4.69, 9.17) is 0 Å². The number of rotatable bonds is 6. The van der Waals surface area contributed by atoms with Crippen molar-refractivity contribution in [2.24, 2.45) is 11.3 Å². The Labute approximate surface area is 123 Å². The molecular weight excluding hydrogens is 248 g/mol. The second-order valence-electron chi connectivity index (χ2n) is 6.52. The van der Waals surface area contributed by atoms with Gasteiger partial charge in [-0.3, -0.25) is 9.88 Å². The number of pyridine rings is 1. The molecule has 1 fully saturated rings. The monoisotopic (exact) mass is 276 g/mol. The Bertz CT molecular complexity index is 395. The maximum Gasteiger partial charge on any atom is 0.0499 e. The zero-order valence-electron chi connectivity index (χ0n) is 12.9. The molecule has 0 saturated heterocycles.